The Balaban J connectivity index is 1.71. The Hall–Kier alpha value is -3.39. The Labute approximate surface area is 182 Å². The van der Waals surface area contributed by atoms with Gasteiger partial charge in [-0.05, 0) is 42.3 Å². The average Bonchev–Trinajstić information content (AvgIpc) is 3.16. The van der Waals surface area contributed by atoms with Gasteiger partial charge in [-0.2, -0.15) is 0 Å². The average molecular weight is 440 g/mol. The van der Waals surface area contributed by atoms with Gasteiger partial charge in [0.2, 0.25) is 5.91 Å². The van der Waals surface area contributed by atoms with E-state index in [0.717, 1.165) is 27.3 Å². The van der Waals surface area contributed by atoms with Gasteiger partial charge in [0, 0.05) is 28.2 Å². The molecule has 0 saturated carbocycles. The molecule has 31 heavy (non-hydrogen) atoms. The van der Waals surface area contributed by atoms with E-state index in [4.69, 9.17) is 15.2 Å². The maximum atomic E-state index is 13.3. The first-order valence-corrected chi connectivity index (χ1v) is 10.7. The summed E-state index contributed by atoms with van der Waals surface area (Å²) >= 11 is 1.55. The minimum atomic E-state index is -0.577. The van der Waals surface area contributed by atoms with E-state index in [1.807, 2.05) is 24.4 Å². The Morgan fingerprint density at radius 2 is 1.97 bits per heavy atom. The number of nitrogens with two attached hydrogens (primary N) is 1. The van der Waals surface area contributed by atoms with Crippen molar-refractivity contribution in [1.29, 1.82) is 0 Å². The number of hydrogen-bond donors (Lipinski definition) is 2. The number of anilines is 1. The van der Waals surface area contributed by atoms with Gasteiger partial charge in [-0.15, -0.1) is 11.3 Å². The van der Waals surface area contributed by atoms with Crippen molar-refractivity contribution in [2.24, 2.45) is 5.73 Å². The van der Waals surface area contributed by atoms with Gasteiger partial charge in [-0.3, -0.25) is 9.59 Å². The summed E-state index contributed by atoms with van der Waals surface area (Å²) in [5, 5.41) is 4.95. The molecule has 0 radical (unpaired) electrons. The van der Waals surface area contributed by atoms with Crippen LogP contribution in [-0.4, -0.2) is 25.0 Å². The molecule has 1 aliphatic heterocycles. The van der Waals surface area contributed by atoms with Crippen molar-refractivity contribution in [3.05, 3.63) is 64.1 Å². The molecule has 4 rings (SSSR count). The van der Waals surface area contributed by atoms with Crippen LogP contribution in [-0.2, 0) is 9.59 Å². The molecule has 0 saturated heterocycles. The number of carbonyl (C=O) groups is 2. The van der Waals surface area contributed by atoms with Crippen LogP contribution in [0.3, 0.4) is 0 Å². The van der Waals surface area contributed by atoms with E-state index < -0.39 is 5.91 Å². The number of hydrogen-bond acceptors (Lipinski definition) is 5. The summed E-state index contributed by atoms with van der Waals surface area (Å²) in [6.45, 7) is 2.02. The number of thiophene rings is 1. The summed E-state index contributed by atoms with van der Waals surface area (Å²) in [6, 6.07) is 11.6. The minimum Gasteiger partial charge on any atom is -0.490 e. The highest BCUT2D eigenvalue weighted by Gasteiger charge is 2.31. The lowest BCUT2D eigenvalue weighted by Crippen LogP contribution is -2.22. The summed E-state index contributed by atoms with van der Waals surface area (Å²) in [4.78, 5) is 24.6. The van der Waals surface area contributed by atoms with Gasteiger partial charge in [0.05, 0.1) is 12.3 Å². The number of primary amides is 1. The number of halogens is 1. The van der Waals surface area contributed by atoms with Crippen LogP contribution in [0.2, 0.25) is 0 Å². The highest BCUT2D eigenvalue weighted by Crippen LogP contribution is 2.47. The smallest absolute Gasteiger partial charge is 0.255 e. The maximum Gasteiger partial charge on any atom is 0.255 e. The van der Waals surface area contributed by atoms with Crippen LogP contribution in [0, 0.1) is 5.82 Å². The lowest BCUT2D eigenvalue weighted by atomic mass is 9.89. The summed E-state index contributed by atoms with van der Waals surface area (Å²) in [6.07, 6.45) is 0.295. The number of fused-ring (bicyclic) bond motifs is 1. The molecule has 1 aliphatic rings. The molecule has 2 heterocycles. The highest BCUT2D eigenvalue weighted by molar-refractivity contribution is 7.11. The topological polar surface area (TPSA) is 90.7 Å². The molecule has 2 amide bonds. The molecule has 6 nitrogen and oxygen atoms in total. The summed E-state index contributed by atoms with van der Waals surface area (Å²) in [7, 11) is 0. The van der Waals surface area contributed by atoms with E-state index in [-0.39, 0.29) is 24.2 Å². The normalized spacial score (nSPS) is 15.2. The SMILES string of the molecule is CCOc1cc([C@H]2CC(=O)Nc3c(-c4ccc(F)cc4)csc32)ccc1OCC(N)=O. The monoisotopic (exact) mass is 440 g/mol. The summed E-state index contributed by atoms with van der Waals surface area (Å²) in [5.74, 6) is -0.227. The number of benzene rings is 2. The molecular formula is C23H21FN2O4S. The highest BCUT2D eigenvalue weighted by atomic mass is 32.1. The zero-order valence-corrected chi connectivity index (χ0v) is 17.6. The second-order valence-electron chi connectivity index (χ2n) is 7.09. The van der Waals surface area contributed by atoms with Crippen LogP contribution < -0.4 is 20.5 Å². The first kappa shape index (κ1) is 20.9. The zero-order valence-electron chi connectivity index (χ0n) is 16.8. The van der Waals surface area contributed by atoms with Gasteiger partial charge in [-0.1, -0.05) is 18.2 Å². The van der Waals surface area contributed by atoms with Gasteiger partial charge in [0.25, 0.3) is 5.91 Å². The number of nitrogens with one attached hydrogen (secondary N) is 1. The Morgan fingerprint density at radius 1 is 1.19 bits per heavy atom. The third-order valence-electron chi connectivity index (χ3n) is 4.99. The first-order chi connectivity index (χ1) is 15.0. The van der Waals surface area contributed by atoms with Crippen molar-refractivity contribution in [3.63, 3.8) is 0 Å². The molecule has 0 bridgehead atoms. The Bertz CT molecular complexity index is 1130. The van der Waals surface area contributed by atoms with Crippen molar-refractivity contribution in [2.45, 2.75) is 19.3 Å². The minimum absolute atomic E-state index is 0.0914. The van der Waals surface area contributed by atoms with Crippen molar-refractivity contribution in [2.75, 3.05) is 18.5 Å². The van der Waals surface area contributed by atoms with E-state index in [0.29, 0.717) is 24.5 Å². The van der Waals surface area contributed by atoms with E-state index in [1.165, 1.54) is 12.1 Å². The van der Waals surface area contributed by atoms with Crippen molar-refractivity contribution < 1.29 is 23.5 Å². The molecule has 3 aromatic rings. The fourth-order valence-corrected chi connectivity index (χ4v) is 4.78. The largest absolute Gasteiger partial charge is 0.490 e. The molecule has 1 atom stereocenters. The van der Waals surface area contributed by atoms with Crippen LogP contribution in [0.15, 0.2) is 47.8 Å². The molecule has 0 unspecified atom stereocenters. The molecule has 0 spiro atoms. The van der Waals surface area contributed by atoms with E-state index in [9.17, 15) is 14.0 Å². The van der Waals surface area contributed by atoms with Crippen molar-refractivity contribution in [3.8, 4) is 22.6 Å². The van der Waals surface area contributed by atoms with Crippen molar-refractivity contribution in [1.82, 2.24) is 0 Å². The lowest BCUT2D eigenvalue weighted by molar-refractivity contribution is -0.120. The van der Waals surface area contributed by atoms with E-state index in [1.54, 1.807) is 29.5 Å². The fraction of sp³-hybridized carbons (Fsp3) is 0.217. The first-order valence-electron chi connectivity index (χ1n) is 9.81. The number of rotatable bonds is 7. The predicted octanol–water partition coefficient (Wildman–Crippen LogP) is 4.29. The van der Waals surface area contributed by atoms with Gasteiger partial charge >= 0.3 is 0 Å². The van der Waals surface area contributed by atoms with Gasteiger partial charge in [0.1, 0.15) is 5.82 Å². The summed E-state index contributed by atoms with van der Waals surface area (Å²) < 4.78 is 24.5. The zero-order chi connectivity index (χ0) is 22.0. The maximum absolute atomic E-state index is 13.3. The summed E-state index contributed by atoms with van der Waals surface area (Å²) in [5.41, 5.74) is 8.53. The molecule has 1 aromatic heterocycles. The number of ether oxygens (including phenoxy) is 2. The molecular weight excluding hydrogens is 419 g/mol. The van der Waals surface area contributed by atoms with Gasteiger partial charge in [-0.25, -0.2) is 4.39 Å². The van der Waals surface area contributed by atoms with Crippen molar-refractivity contribution >= 4 is 28.8 Å². The number of amides is 2. The fourth-order valence-electron chi connectivity index (χ4n) is 3.62. The number of carbonyl (C=O) groups excluding carboxylic acids is 2. The van der Waals surface area contributed by atoms with Crippen LogP contribution in [0.4, 0.5) is 10.1 Å². The molecule has 0 fully saturated rings. The van der Waals surface area contributed by atoms with Crippen LogP contribution in [0.1, 0.15) is 29.7 Å². The molecule has 8 heteroatoms. The van der Waals surface area contributed by atoms with Crippen LogP contribution >= 0.6 is 11.3 Å². The lowest BCUT2D eigenvalue weighted by Gasteiger charge is -2.24. The van der Waals surface area contributed by atoms with E-state index in [2.05, 4.69) is 5.32 Å². The Kier molecular flexibility index (Phi) is 5.90. The predicted molar refractivity (Wildman–Crippen MR) is 117 cm³/mol. The van der Waals surface area contributed by atoms with Gasteiger partial charge < -0.3 is 20.5 Å². The second kappa shape index (κ2) is 8.77. The Morgan fingerprint density at radius 3 is 2.68 bits per heavy atom. The standard InChI is InChI=1S/C23H21FN2O4S/c1-2-29-19-9-14(5-8-18(19)30-11-20(25)27)16-10-21(28)26-22-17(12-31-23(16)22)13-3-6-15(24)7-4-13/h3-9,12,16H,2,10-11H2,1H3,(H2,25,27)(H,26,28)/t16-/m1/s1. The third-order valence-corrected chi connectivity index (χ3v) is 6.08. The quantitative estimate of drug-likeness (QED) is 0.573. The molecule has 0 aliphatic carbocycles. The third kappa shape index (κ3) is 4.39. The molecule has 2 aromatic carbocycles. The van der Waals surface area contributed by atoms with Gasteiger partial charge in [0.15, 0.2) is 18.1 Å². The molecule has 3 N–H and O–H groups in total. The van der Waals surface area contributed by atoms with Crippen LogP contribution in [0.5, 0.6) is 11.5 Å². The molecule has 160 valence electrons. The van der Waals surface area contributed by atoms with Crippen LogP contribution in [0.25, 0.3) is 11.1 Å². The second-order valence-corrected chi connectivity index (χ2v) is 8.01. The van der Waals surface area contributed by atoms with E-state index >= 15 is 0 Å².